The van der Waals surface area contributed by atoms with Gasteiger partial charge in [0, 0.05) is 37.1 Å². The van der Waals surface area contributed by atoms with Crippen LogP contribution in [0.4, 0.5) is 0 Å². The van der Waals surface area contributed by atoms with Crippen LogP contribution in [0.3, 0.4) is 0 Å². The Morgan fingerprint density at radius 3 is 3.04 bits per heavy atom. The molecule has 3 heterocycles. The Morgan fingerprint density at radius 1 is 1.30 bits per heavy atom. The van der Waals surface area contributed by atoms with E-state index < -0.39 is 0 Å². The molecule has 7 heteroatoms. The van der Waals surface area contributed by atoms with Crippen molar-refractivity contribution in [1.29, 1.82) is 0 Å². The first-order chi connectivity index (χ1) is 13.2. The monoisotopic (exact) mass is 370 g/mol. The second kappa shape index (κ2) is 8.25. The van der Waals surface area contributed by atoms with Crippen molar-refractivity contribution in [3.63, 3.8) is 0 Å². The summed E-state index contributed by atoms with van der Waals surface area (Å²) >= 11 is 0. The van der Waals surface area contributed by atoms with Crippen LogP contribution in [0, 0.1) is 0 Å². The molecule has 1 amide bonds. The Morgan fingerprint density at radius 2 is 2.19 bits per heavy atom. The van der Waals surface area contributed by atoms with Crippen molar-refractivity contribution < 1.29 is 4.79 Å². The molecule has 0 spiro atoms. The van der Waals surface area contributed by atoms with E-state index in [9.17, 15) is 4.79 Å². The van der Waals surface area contributed by atoms with Gasteiger partial charge in [-0.2, -0.15) is 10.2 Å². The largest absolute Gasteiger partial charge is 0.338 e. The van der Waals surface area contributed by atoms with Crippen LogP contribution in [-0.4, -0.2) is 50.9 Å². The van der Waals surface area contributed by atoms with Crippen LogP contribution in [0.1, 0.15) is 60.7 Å². The number of amides is 1. The third-order valence-corrected chi connectivity index (χ3v) is 5.95. The van der Waals surface area contributed by atoms with Crippen molar-refractivity contribution >= 4 is 5.91 Å². The number of rotatable bonds is 5. The van der Waals surface area contributed by atoms with Crippen molar-refractivity contribution in [1.82, 2.24) is 30.2 Å². The van der Waals surface area contributed by atoms with Gasteiger partial charge >= 0.3 is 0 Å². The van der Waals surface area contributed by atoms with Crippen LogP contribution in [-0.2, 0) is 30.7 Å². The zero-order valence-corrected chi connectivity index (χ0v) is 16.2. The molecule has 0 saturated carbocycles. The van der Waals surface area contributed by atoms with E-state index >= 15 is 0 Å². The Bertz CT molecular complexity index is 773. The van der Waals surface area contributed by atoms with Gasteiger partial charge in [-0.3, -0.25) is 14.6 Å². The van der Waals surface area contributed by atoms with E-state index in [0.29, 0.717) is 19.0 Å². The lowest BCUT2D eigenvalue weighted by atomic mass is 9.96. The van der Waals surface area contributed by atoms with Gasteiger partial charge < -0.3 is 10.2 Å². The highest BCUT2D eigenvalue weighted by Crippen LogP contribution is 2.24. The Balaban J connectivity index is 1.40. The Hall–Kier alpha value is -2.15. The molecule has 2 aromatic heterocycles. The van der Waals surface area contributed by atoms with Crippen LogP contribution in [0.25, 0.3) is 0 Å². The number of carbonyl (C=O) groups excluding carboxylic acids is 1. The highest BCUT2D eigenvalue weighted by molar-refractivity contribution is 5.75. The molecule has 1 aliphatic heterocycles. The smallest absolute Gasteiger partial charge is 0.244 e. The molecule has 1 fully saturated rings. The number of aromatic amines is 1. The number of aryl methyl sites for hydroxylation is 1. The van der Waals surface area contributed by atoms with E-state index in [1.165, 1.54) is 36.9 Å². The highest BCUT2D eigenvalue weighted by Gasteiger charge is 2.22. The van der Waals surface area contributed by atoms with E-state index in [1.807, 2.05) is 17.9 Å². The molecule has 0 aromatic carbocycles. The summed E-state index contributed by atoms with van der Waals surface area (Å²) in [7, 11) is 1.87. The third-order valence-electron chi connectivity index (χ3n) is 5.95. The molecule has 1 atom stereocenters. The van der Waals surface area contributed by atoms with Crippen LogP contribution < -0.4 is 5.32 Å². The number of piperidine rings is 1. The first-order valence-electron chi connectivity index (χ1n) is 10.2. The second-order valence-electron chi connectivity index (χ2n) is 7.89. The predicted octanol–water partition coefficient (Wildman–Crippen LogP) is 2.00. The van der Waals surface area contributed by atoms with Gasteiger partial charge in [-0.05, 0) is 56.7 Å². The molecular weight excluding hydrogens is 340 g/mol. The van der Waals surface area contributed by atoms with Gasteiger partial charge in [0.05, 0.1) is 12.2 Å². The lowest BCUT2D eigenvalue weighted by Gasteiger charge is -2.24. The minimum absolute atomic E-state index is 0.0779. The van der Waals surface area contributed by atoms with E-state index in [2.05, 4.69) is 26.7 Å². The fourth-order valence-corrected chi connectivity index (χ4v) is 4.34. The fraction of sp³-hybridized carbons (Fsp3) is 0.650. The molecule has 27 heavy (non-hydrogen) atoms. The minimum Gasteiger partial charge on any atom is -0.338 e. The van der Waals surface area contributed by atoms with E-state index in [1.54, 1.807) is 4.90 Å². The number of carbonyl (C=O) groups is 1. The highest BCUT2D eigenvalue weighted by atomic mass is 16.2. The summed E-state index contributed by atoms with van der Waals surface area (Å²) in [6, 6.07) is 2.05. The number of nitrogens with one attached hydrogen (secondary N) is 2. The van der Waals surface area contributed by atoms with Crippen molar-refractivity contribution in [2.24, 2.45) is 0 Å². The van der Waals surface area contributed by atoms with Crippen molar-refractivity contribution in [3.8, 4) is 0 Å². The van der Waals surface area contributed by atoms with E-state index in [4.69, 9.17) is 0 Å². The molecule has 7 nitrogen and oxygen atoms in total. The average Bonchev–Trinajstić information content (AvgIpc) is 3.22. The first-order valence-corrected chi connectivity index (χ1v) is 10.2. The zero-order chi connectivity index (χ0) is 18.6. The van der Waals surface area contributed by atoms with Gasteiger partial charge in [0.2, 0.25) is 5.91 Å². The maximum atomic E-state index is 12.8. The molecule has 0 bridgehead atoms. The maximum absolute atomic E-state index is 12.8. The third kappa shape index (κ3) is 4.08. The molecule has 1 aliphatic carbocycles. The molecule has 0 radical (unpaired) electrons. The summed E-state index contributed by atoms with van der Waals surface area (Å²) in [5.74, 6) is 0.524. The van der Waals surface area contributed by atoms with Crippen molar-refractivity contribution in [3.05, 3.63) is 34.9 Å². The van der Waals surface area contributed by atoms with Crippen molar-refractivity contribution in [2.45, 2.75) is 64.0 Å². The number of nitrogens with zero attached hydrogens (tertiary/aromatic N) is 4. The van der Waals surface area contributed by atoms with Gasteiger partial charge in [0.1, 0.15) is 6.54 Å². The Kier molecular flexibility index (Phi) is 5.57. The summed E-state index contributed by atoms with van der Waals surface area (Å²) in [6.07, 6.45) is 9.99. The number of likely N-dealkylation sites (N-methyl/N-ethyl adjacent to an activating group) is 1. The summed E-state index contributed by atoms with van der Waals surface area (Å²) < 4.78 is 1.88. The molecule has 2 aliphatic rings. The Labute approximate surface area is 160 Å². The molecular formula is C20H30N6O. The van der Waals surface area contributed by atoms with Crippen LogP contribution in [0.5, 0.6) is 0 Å². The molecule has 1 saturated heterocycles. The van der Waals surface area contributed by atoms with Crippen LogP contribution in [0.2, 0.25) is 0 Å². The topological polar surface area (TPSA) is 78.8 Å². The second-order valence-corrected chi connectivity index (χ2v) is 7.89. The van der Waals surface area contributed by atoms with Gasteiger partial charge in [-0.25, -0.2) is 0 Å². The predicted molar refractivity (Wildman–Crippen MR) is 103 cm³/mol. The van der Waals surface area contributed by atoms with Gasteiger partial charge in [0.25, 0.3) is 0 Å². The molecule has 0 unspecified atom stereocenters. The molecule has 2 N–H and O–H groups in total. The lowest BCUT2D eigenvalue weighted by Crippen LogP contribution is -2.33. The van der Waals surface area contributed by atoms with Gasteiger partial charge in [0.15, 0.2) is 0 Å². The van der Waals surface area contributed by atoms with Crippen LogP contribution in [0.15, 0.2) is 12.3 Å². The van der Waals surface area contributed by atoms with Gasteiger partial charge in [-0.15, -0.1) is 0 Å². The quantitative estimate of drug-likeness (QED) is 0.789. The number of fused-ring (bicyclic) bond motifs is 1. The van der Waals surface area contributed by atoms with Gasteiger partial charge in [-0.1, -0.05) is 6.42 Å². The summed E-state index contributed by atoms with van der Waals surface area (Å²) in [6.45, 7) is 2.91. The molecule has 2 aromatic rings. The maximum Gasteiger partial charge on any atom is 0.244 e. The van der Waals surface area contributed by atoms with E-state index in [0.717, 1.165) is 43.7 Å². The summed E-state index contributed by atoms with van der Waals surface area (Å²) in [4.78, 5) is 14.6. The average molecular weight is 371 g/mol. The lowest BCUT2D eigenvalue weighted by molar-refractivity contribution is -0.131. The standard InChI is InChI=1S/C20H30N6O/c1-25(13-18-16-7-3-2-4-8-17(16)23-24-18)20(27)14-26-19(9-11-22-26)15-6-5-10-21-12-15/h9,11,15,21H,2-8,10,12-14H2,1H3,(H,23,24)/t15-/m1/s1. The SMILES string of the molecule is CN(Cc1n[nH]c2c1CCCCC2)C(=O)Cn1nccc1[C@@H]1CCCNC1. The molecule has 4 rings (SSSR count). The van der Waals surface area contributed by atoms with Crippen LogP contribution >= 0.6 is 0 Å². The van der Waals surface area contributed by atoms with E-state index in [-0.39, 0.29) is 5.91 Å². The number of H-pyrrole nitrogens is 1. The zero-order valence-electron chi connectivity index (χ0n) is 16.2. The fourth-order valence-electron chi connectivity index (χ4n) is 4.34. The summed E-state index contributed by atoms with van der Waals surface area (Å²) in [5.41, 5.74) is 4.79. The molecule has 146 valence electrons. The van der Waals surface area contributed by atoms with Crippen molar-refractivity contribution in [2.75, 3.05) is 20.1 Å². The number of hydrogen-bond acceptors (Lipinski definition) is 4. The minimum atomic E-state index is 0.0779. The number of aromatic nitrogens is 4. The normalized spacial score (nSPS) is 20.1. The summed E-state index contributed by atoms with van der Waals surface area (Å²) in [5, 5.41) is 15.6. The number of hydrogen-bond donors (Lipinski definition) is 2. The first kappa shape index (κ1) is 18.2.